The monoisotopic (exact) mass is 605 g/mol. The Balaban J connectivity index is 1.14. The van der Waals surface area contributed by atoms with E-state index in [9.17, 15) is 18.7 Å². The zero-order chi connectivity index (χ0) is 27.9. The van der Waals surface area contributed by atoms with Gasteiger partial charge in [0.15, 0.2) is 11.6 Å². The number of aromatic nitrogens is 6. The van der Waals surface area contributed by atoms with Crippen LogP contribution in [0, 0.1) is 11.6 Å². The quantitative estimate of drug-likeness (QED) is 0.295. The molecule has 3 aromatic carbocycles. The number of β-amino-alcohol motifs (C(OH)–C–C–N with tert-alkyl or cyclic N) is 1. The molecule has 5 aromatic rings. The van der Waals surface area contributed by atoms with Crippen LogP contribution in [0.25, 0.3) is 22.8 Å². The molecule has 3 heterocycles. The number of amides is 1. The predicted molar refractivity (Wildman–Crippen MR) is 145 cm³/mol. The summed E-state index contributed by atoms with van der Waals surface area (Å²) < 4.78 is 31.1. The number of rotatable bonds is 7. The molecule has 0 aliphatic carbocycles. The van der Waals surface area contributed by atoms with Gasteiger partial charge in [-0.05, 0) is 65.2 Å². The molecule has 1 aliphatic heterocycles. The molecule has 0 saturated carbocycles. The summed E-state index contributed by atoms with van der Waals surface area (Å²) in [5, 5.41) is 23.5. The van der Waals surface area contributed by atoms with E-state index in [0.717, 1.165) is 5.56 Å². The second kappa shape index (κ2) is 10.4. The second-order valence-corrected chi connectivity index (χ2v) is 10.5. The van der Waals surface area contributed by atoms with Gasteiger partial charge in [-0.15, -0.1) is 10.2 Å². The molecule has 40 heavy (non-hydrogen) atoms. The average Bonchev–Trinajstić information content (AvgIpc) is 3.60. The van der Waals surface area contributed by atoms with E-state index in [0.29, 0.717) is 34.5 Å². The maximum atomic E-state index is 14.4. The van der Waals surface area contributed by atoms with Gasteiger partial charge in [-0.3, -0.25) is 4.79 Å². The number of halogens is 3. The Hall–Kier alpha value is -4.29. The van der Waals surface area contributed by atoms with Crippen LogP contribution in [-0.2, 0) is 6.42 Å². The number of hydrogen-bond acceptors (Lipinski definition) is 6. The Morgan fingerprint density at radius 2 is 1.75 bits per heavy atom. The fraction of sp³-hybridized carbons (Fsp3) is 0.179. The number of carbonyl (C=O) groups is 1. The average molecular weight is 606 g/mol. The van der Waals surface area contributed by atoms with E-state index < -0.39 is 17.3 Å². The van der Waals surface area contributed by atoms with Gasteiger partial charge >= 0.3 is 0 Å². The summed E-state index contributed by atoms with van der Waals surface area (Å²) in [6.07, 6.45) is 2.35. The van der Waals surface area contributed by atoms with Crippen LogP contribution in [0.4, 0.5) is 8.78 Å². The molecule has 1 N–H and O–H groups in total. The highest BCUT2D eigenvalue weighted by Gasteiger charge is 2.44. The SMILES string of the molecule is O=C(c1nc(-c2ccccc2)n(-c2ccc(F)cc2)n1)N1CC(O)(CCc2cn(-c3cccc(Br)c3F)nn2)C1. The topological polar surface area (TPSA) is 102 Å². The predicted octanol–water partition coefficient (Wildman–Crippen LogP) is 4.38. The lowest BCUT2D eigenvalue weighted by molar-refractivity contribution is -0.0858. The van der Waals surface area contributed by atoms with Crippen molar-refractivity contribution in [1.82, 2.24) is 34.7 Å². The molecule has 202 valence electrons. The molecule has 12 heteroatoms. The summed E-state index contributed by atoms with van der Waals surface area (Å²) in [4.78, 5) is 19.2. The highest BCUT2D eigenvalue weighted by Crippen LogP contribution is 2.29. The second-order valence-electron chi connectivity index (χ2n) is 9.63. The van der Waals surface area contributed by atoms with Crippen LogP contribution in [0.3, 0.4) is 0 Å². The van der Waals surface area contributed by atoms with E-state index >= 15 is 0 Å². The smallest absolute Gasteiger partial charge is 0.293 e. The van der Waals surface area contributed by atoms with Crippen molar-refractivity contribution in [2.24, 2.45) is 0 Å². The van der Waals surface area contributed by atoms with Crippen molar-refractivity contribution in [3.05, 3.63) is 107 Å². The fourth-order valence-electron chi connectivity index (χ4n) is 4.61. The molecule has 0 bridgehead atoms. The molecular weight excluding hydrogens is 584 g/mol. The van der Waals surface area contributed by atoms with E-state index in [2.05, 4.69) is 36.3 Å². The van der Waals surface area contributed by atoms with Gasteiger partial charge < -0.3 is 10.0 Å². The molecule has 1 amide bonds. The molecule has 0 unspecified atom stereocenters. The minimum atomic E-state index is -1.11. The zero-order valence-electron chi connectivity index (χ0n) is 21.0. The first-order valence-corrected chi connectivity index (χ1v) is 13.2. The molecule has 1 saturated heterocycles. The van der Waals surface area contributed by atoms with Gasteiger partial charge in [-0.1, -0.05) is 41.6 Å². The Labute approximate surface area is 235 Å². The van der Waals surface area contributed by atoms with Crippen molar-refractivity contribution in [1.29, 1.82) is 0 Å². The molecule has 6 rings (SSSR count). The molecule has 1 aliphatic rings. The third kappa shape index (κ3) is 5.03. The third-order valence-electron chi connectivity index (χ3n) is 6.72. The molecule has 0 radical (unpaired) electrons. The van der Waals surface area contributed by atoms with Crippen LogP contribution >= 0.6 is 15.9 Å². The van der Waals surface area contributed by atoms with Gasteiger partial charge in [0.1, 0.15) is 17.1 Å². The minimum absolute atomic E-state index is 0.0239. The van der Waals surface area contributed by atoms with Crippen molar-refractivity contribution < 1.29 is 18.7 Å². The number of carbonyl (C=O) groups excluding carboxylic acids is 1. The summed E-state index contributed by atoms with van der Waals surface area (Å²) in [5.41, 5.74) is 1.04. The highest BCUT2D eigenvalue weighted by molar-refractivity contribution is 9.10. The molecular formula is C28H22BrF2N7O2. The molecule has 0 spiro atoms. The van der Waals surface area contributed by atoms with Gasteiger partial charge in [0.05, 0.1) is 35.1 Å². The minimum Gasteiger partial charge on any atom is -0.386 e. The number of benzene rings is 3. The number of likely N-dealkylation sites (tertiary alicyclic amines) is 1. The van der Waals surface area contributed by atoms with Gasteiger partial charge in [0.25, 0.3) is 5.91 Å². The molecule has 1 fully saturated rings. The van der Waals surface area contributed by atoms with Crippen LogP contribution in [0.1, 0.15) is 22.7 Å². The van der Waals surface area contributed by atoms with Crippen molar-refractivity contribution in [3.63, 3.8) is 0 Å². The number of aryl methyl sites for hydroxylation is 1. The van der Waals surface area contributed by atoms with Gasteiger partial charge in [0, 0.05) is 5.56 Å². The first kappa shape index (κ1) is 26.0. The summed E-state index contributed by atoms with van der Waals surface area (Å²) in [6, 6.07) is 19.9. The Morgan fingerprint density at radius 1 is 1.00 bits per heavy atom. The summed E-state index contributed by atoms with van der Waals surface area (Å²) in [6.45, 7) is 0.206. The fourth-order valence-corrected chi connectivity index (χ4v) is 4.96. The van der Waals surface area contributed by atoms with Crippen LogP contribution in [0.5, 0.6) is 0 Å². The summed E-state index contributed by atoms with van der Waals surface area (Å²) in [7, 11) is 0. The first-order valence-electron chi connectivity index (χ1n) is 12.5. The van der Waals surface area contributed by atoms with Gasteiger partial charge in [0.2, 0.25) is 5.82 Å². The van der Waals surface area contributed by atoms with Crippen molar-refractivity contribution >= 4 is 21.8 Å². The Kier molecular flexibility index (Phi) is 6.72. The highest BCUT2D eigenvalue weighted by atomic mass is 79.9. The summed E-state index contributed by atoms with van der Waals surface area (Å²) >= 11 is 3.16. The van der Waals surface area contributed by atoms with E-state index in [1.165, 1.54) is 26.4 Å². The lowest BCUT2D eigenvalue weighted by atomic mass is 9.88. The van der Waals surface area contributed by atoms with Crippen LogP contribution < -0.4 is 0 Å². The van der Waals surface area contributed by atoms with Crippen molar-refractivity contribution in [2.45, 2.75) is 18.4 Å². The number of aliphatic hydroxyl groups is 1. The first-order chi connectivity index (χ1) is 19.3. The number of hydrogen-bond donors (Lipinski definition) is 1. The summed E-state index contributed by atoms with van der Waals surface area (Å²) in [5.74, 6) is -0.833. The van der Waals surface area contributed by atoms with Gasteiger partial charge in [-0.25, -0.2) is 23.1 Å². The Morgan fingerprint density at radius 3 is 2.50 bits per heavy atom. The largest absolute Gasteiger partial charge is 0.386 e. The van der Waals surface area contributed by atoms with Crippen LogP contribution in [0.2, 0.25) is 0 Å². The standard InChI is InChI=1S/C28H22BrF2N7O2/c29-22-7-4-8-23(24(22)31)37-15-20(33-35-37)13-14-28(40)16-36(17-28)27(39)25-32-26(18-5-2-1-3-6-18)38(34-25)21-11-9-19(30)10-12-21/h1-12,15,40H,13-14,16-17H2. The molecule has 0 atom stereocenters. The normalized spacial score (nSPS) is 14.2. The van der Waals surface area contributed by atoms with Gasteiger partial charge in [-0.2, -0.15) is 0 Å². The van der Waals surface area contributed by atoms with E-state index in [1.807, 2.05) is 30.3 Å². The maximum absolute atomic E-state index is 14.4. The Bertz CT molecular complexity index is 1680. The lowest BCUT2D eigenvalue weighted by Gasteiger charge is -2.46. The van der Waals surface area contributed by atoms with E-state index in [1.54, 1.807) is 36.5 Å². The van der Waals surface area contributed by atoms with Crippen LogP contribution in [0.15, 0.2) is 83.5 Å². The van der Waals surface area contributed by atoms with Crippen LogP contribution in [-0.4, -0.2) is 64.4 Å². The molecule has 9 nitrogen and oxygen atoms in total. The maximum Gasteiger partial charge on any atom is 0.293 e. The molecule has 2 aromatic heterocycles. The van der Waals surface area contributed by atoms with Crippen molar-refractivity contribution in [3.8, 4) is 22.8 Å². The third-order valence-corrected chi connectivity index (χ3v) is 7.34. The number of nitrogens with zero attached hydrogens (tertiary/aromatic N) is 7. The van der Waals surface area contributed by atoms with Crippen molar-refractivity contribution in [2.75, 3.05) is 13.1 Å². The lowest BCUT2D eigenvalue weighted by Crippen LogP contribution is -2.63. The van der Waals surface area contributed by atoms with E-state index in [-0.39, 0.29) is 30.4 Å². The zero-order valence-corrected chi connectivity index (χ0v) is 22.5. The van der Waals surface area contributed by atoms with E-state index in [4.69, 9.17) is 0 Å².